The van der Waals surface area contributed by atoms with E-state index in [0.29, 0.717) is 22.0 Å². The van der Waals surface area contributed by atoms with E-state index in [2.05, 4.69) is 0 Å². The highest BCUT2D eigenvalue weighted by Gasteiger charge is 2.60. The van der Waals surface area contributed by atoms with Gasteiger partial charge in [-0.3, -0.25) is 14.4 Å². The molecule has 2 aliphatic heterocycles. The van der Waals surface area contributed by atoms with Crippen LogP contribution in [0.15, 0.2) is 78.9 Å². The number of halogens is 2. The fraction of sp³-hybridized carbons (Fsp3) is 0.130. The molecule has 0 N–H and O–H groups in total. The van der Waals surface area contributed by atoms with E-state index in [4.69, 9.17) is 16.4 Å². The molecule has 3 aromatic rings. The molecule has 3 aromatic carbocycles. The highest BCUT2D eigenvalue weighted by Crippen LogP contribution is 2.48. The molecule has 5 nitrogen and oxygen atoms in total. The van der Waals surface area contributed by atoms with Crippen molar-refractivity contribution in [2.45, 2.75) is 12.1 Å². The van der Waals surface area contributed by atoms with Crippen molar-refractivity contribution in [1.29, 1.82) is 0 Å². The number of hydrogen-bond donors (Lipinski definition) is 0. The fourth-order valence-electron chi connectivity index (χ4n) is 4.08. The summed E-state index contributed by atoms with van der Waals surface area (Å²) in [6, 6.07) is 21.2. The largest absolute Gasteiger partial charge is 0.273 e. The van der Waals surface area contributed by atoms with Gasteiger partial charge in [-0.25, -0.2) is 14.4 Å². The van der Waals surface area contributed by atoms with E-state index >= 15 is 0 Å². The standard InChI is InChI=1S/C23H16ClFN2O3/c24-17-8-4-5-9-18(17)26-22(28)19-20(14-10-12-15(25)13-11-14)27(30-21(19)23(26)29)16-6-2-1-3-7-16/h1-13,19-21H/t19-,20-,21+/m0/s1. The Balaban J connectivity index is 1.60. The number of amides is 2. The minimum absolute atomic E-state index is 0.303. The lowest BCUT2D eigenvalue weighted by Gasteiger charge is -2.28. The summed E-state index contributed by atoms with van der Waals surface area (Å²) in [6.07, 6.45) is -0.996. The molecule has 0 spiro atoms. The number of imide groups is 1. The summed E-state index contributed by atoms with van der Waals surface area (Å²) in [5.41, 5.74) is 1.71. The second kappa shape index (κ2) is 7.23. The first kappa shape index (κ1) is 18.8. The predicted molar refractivity (Wildman–Crippen MR) is 110 cm³/mol. The first-order chi connectivity index (χ1) is 14.6. The average molecular weight is 423 g/mol. The first-order valence-corrected chi connectivity index (χ1v) is 9.83. The van der Waals surface area contributed by atoms with Crippen LogP contribution in [-0.4, -0.2) is 17.9 Å². The van der Waals surface area contributed by atoms with Crippen LogP contribution in [0.1, 0.15) is 11.6 Å². The van der Waals surface area contributed by atoms with Crippen LogP contribution >= 0.6 is 11.6 Å². The van der Waals surface area contributed by atoms with Crippen LogP contribution < -0.4 is 9.96 Å². The molecule has 0 aliphatic carbocycles. The average Bonchev–Trinajstić information content (AvgIpc) is 3.26. The Labute approximate surface area is 177 Å². The second-order valence-corrected chi connectivity index (χ2v) is 7.58. The van der Waals surface area contributed by atoms with Crippen molar-refractivity contribution in [3.8, 4) is 0 Å². The van der Waals surface area contributed by atoms with Crippen LogP contribution in [0, 0.1) is 11.7 Å². The molecule has 150 valence electrons. The third-order valence-electron chi connectivity index (χ3n) is 5.43. The van der Waals surface area contributed by atoms with Crippen molar-refractivity contribution in [3.05, 3.63) is 95.3 Å². The minimum atomic E-state index is -0.996. The summed E-state index contributed by atoms with van der Waals surface area (Å²) in [4.78, 5) is 33.8. The maximum atomic E-state index is 13.5. The smallest absolute Gasteiger partial charge is 0.266 e. The van der Waals surface area contributed by atoms with Crippen molar-refractivity contribution in [2.24, 2.45) is 5.92 Å². The lowest BCUT2D eigenvalue weighted by molar-refractivity contribution is -0.126. The van der Waals surface area contributed by atoms with Gasteiger partial charge in [0.25, 0.3) is 5.91 Å². The van der Waals surface area contributed by atoms with Gasteiger partial charge in [0.15, 0.2) is 6.10 Å². The van der Waals surface area contributed by atoms with E-state index in [9.17, 15) is 14.0 Å². The summed E-state index contributed by atoms with van der Waals surface area (Å²) >= 11 is 6.25. The van der Waals surface area contributed by atoms with Gasteiger partial charge in [-0.2, -0.15) is 0 Å². The van der Waals surface area contributed by atoms with Crippen LogP contribution in [-0.2, 0) is 14.4 Å². The normalized spacial score (nSPS) is 23.2. The molecular weight excluding hydrogens is 407 g/mol. The predicted octanol–water partition coefficient (Wildman–Crippen LogP) is 4.53. The van der Waals surface area contributed by atoms with Gasteiger partial charge in [0, 0.05) is 0 Å². The van der Waals surface area contributed by atoms with Crippen molar-refractivity contribution < 1.29 is 18.8 Å². The number of hydroxylamine groups is 1. The maximum absolute atomic E-state index is 13.5. The van der Waals surface area contributed by atoms with Crippen LogP contribution in [0.4, 0.5) is 15.8 Å². The topological polar surface area (TPSA) is 49.9 Å². The molecule has 0 bridgehead atoms. The molecule has 0 aromatic heterocycles. The number of anilines is 2. The number of hydrogen-bond acceptors (Lipinski definition) is 4. The van der Waals surface area contributed by atoms with E-state index in [1.54, 1.807) is 41.5 Å². The molecular formula is C23H16ClFN2O3. The number of nitrogens with zero attached hydrogens (tertiary/aromatic N) is 2. The molecule has 0 saturated carbocycles. The number of carbonyl (C=O) groups is 2. The Bertz CT molecular complexity index is 1120. The summed E-state index contributed by atoms with van der Waals surface area (Å²) < 4.78 is 13.5. The number of benzene rings is 3. The van der Waals surface area contributed by atoms with Crippen molar-refractivity contribution in [1.82, 2.24) is 0 Å². The maximum Gasteiger partial charge on any atom is 0.266 e. The Morgan fingerprint density at radius 3 is 2.20 bits per heavy atom. The molecule has 30 heavy (non-hydrogen) atoms. The fourth-order valence-corrected chi connectivity index (χ4v) is 4.30. The van der Waals surface area contributed by atoms with Crippen molar-refractivity contribution >= 4 is 34.8 Å². The quantitative estimate of drug-likeness (QED) is 0.582. The lowest BCUT2D eigenvalue weighted by atomic mass is 9.90. The Morgan fingerprint density at radius 2 is 1.50 bits per heavy atom. The number of fused-ring (bicyclic) bond motifs is 1. The van der Waals surface area contributed by atoms with Crippen LogP contribution in [0.3, 0.4) is 0 Å². The van der Waals surface area contributed by atoms with Gasteiger partial charge in [-0.05, 0) is 42.0 Å². The molecule has 2 amide bonds. The zero-order valence-corrected chi connectivity index (χ0v) is 16.4. The SMILES string of the molecule is O=C1[C@@H]2[C@@H](ON(c3ccccc3)[C@H]2c2ccc(F)cc2)C(=O)N1c1ccccc1Cl. The van der Waals surface area contributed by atoms with E-state index in [1.165, 1.54) is 12.1 Å². The molecule has 3 atom stereocenters. The van der Waals surface area contributed by atoms with Crippen LogP contribution in [0.25, 0.3) is 0 Å². The number of carbonyl (C=O) groups excluding carboxylic acids is 2. The minimum Gasteiger partial charge on any atom is -0.273 e. The van der Waals surface area contributed by atoms with Gasteiger partial charge in [0.1, 0.15) is 11.7 Å². The van der Waals surface area contributed by atoms with Crippen LogP contribution in [0.2, 0.25) is 5.02 Å². The molecule has 2 saturated heterocycles. The van der Waals surface area contributed by atoms with Gasteiger partial charge in [0.05, 0.1) is 22.4 Å². The van der Waals surface area contributed by atoms with E-state index in [1.807, 2.05) is 30.3 Å². The van der Waals surface area contributed by atoms with Gasteiger partial charge < -0.3 is 0 Å². The van der Waals surface area contributed by atoms with Gasteiger partial charge in [-0.1, -0.05) is 54.1 Å². The Hall–Kier alpha value is -3.22. The molecule has 0 unspecified atom stereocenters. The molecule has 7 heteroatoms. The molecule has 5 rings (SSSR count). The van der Waals surface area contributed by atoms with Crippen LogP contribution in [0.5, 0.6) is 0 Å². The summed E-state index contributed by atoms with van der Waals surface area (Å²) in [7, 11) is 0. The zero-order chi connectivity index (χ0) is 20.8. The monoisotopic (exact) mass is 422 g/mol. The highest BCUT2D eigenvalue weighted by molar-refractivity contribution is 6.36. The highest BCUT2D eigenvalue weighted by atomic mass is 35.5. The number of para-hydroxylation sites is 2. The van der Waals surface area contributed by atoms with Crippen molar-refractivity contribution in [2.75, 3.05) is 9.96 Å². The summed E-state index contributed by atoms with van der Waals surface area (Å²) in [5.74, 6) is -2.04. The third kappa shape index (κ3) is 2.88. The Kier molecular flexibility index (Phi) is 4.53. The van der Waals surface area contributed by atoms with Gasteiger partial charge in [-0.15, -0.1) is 0 Å². The molecule has 2 aliphatic rings. The number of rotatable bonds is 3. The zero-order valence-electron chi connectivity index (χ0n) is 15.6. The lowest BCUT2D eigenvalue weighted by Crippen LogP contribution is -2.37. The second-order valence-electron chi connectivity index (χ2n) is 7.17. The molecule has 2 heterocycles. The van der Waals surface area contributed by atoms with Gasteiger partial charge in [0.2, 0.25) is 5.91 Å². The summed E-state index contributed by atoms with van der Waals surface area (Å²) in [6.45, 7) is 0. The van der Waals surface area contributed by atoms with Crippen molar-refractivity contribution in [3.63, 3.8) is 0 Å². The van der Waals surface area contributed by atoms with E-state index < -0.39 is 29.9 Å². The Morgan fingerprint density at radius 1 is 0.833 bits per heavy atom. The molecule has 2 fully saturated rings. The first-order valence-electron chi connectivity index (χ1n) is 9.45. The summed E-state index contributed by atoms with van der Waals surface area (Å²) in [5, 5.41) is 1.87. The van der Waals surface area contributed by atoms with E-state index in [0.717, 1.165) is 4.90 Å². The molecule has 0 radical (unpaired) electrons. The van der Waals surface area contributed by atoms with Gasteiger partial charge >= 0.3 is 0 Å². The van der Waals surface area contributed by atoms with E-state index in [-0.39, 0.29) is 5.82 Å². The third-order valence-corrected chi connectivity index (χ3v) is 5.75.